The molecule has 0 bridgehead atoms. The summed E-state index contributed by atoms with van der Waals surface area (Å²) in [7, 11) is 0. The maximum atomic E-state index is 13.0. The van der Waals surface area contributed by atoms with Crippen LogP contribution in [0.15, 0.2) is 67.3 Å². The van der Waals surface area contributed by atoms with Gasteiger partial charge in [0, 0.05) is 61.6 Å². The molecular weight excluding hydrogens is 402 g/mol. The second-order valence-electron chi connectivity index (χ2n) is 7.99. The molecule has 0 N–H and O–H groups in total. The number of nitrogens with zero attached hydrogens (tertiary/aromatic N) is 7. The molecule has 0 radical (unpaired) electrons. The van der Waals surface area contributed by atoms with Crippen LogP contribution in [0.1, 0.15) is 21.7 Å². The van der Waals surface area contributed by atoms with Crippen LogP contribution in [0.3, 0.4) is 0 Å². The van der Waals surface area contributed by atoms with Crippen LogP contribution in [0.4, 0.5) is 5.82 Å². The summed E-state index contributed by atoms with van der Waals surface area (Å²) in [5, 5.41) is 4.51. The maximum absolute atomic E-state index is 13.0. The van der Waals surface area contributed by atoms with Crippen molar-refractivity contribution in [2.75, 3.05) is 31.1 Å². The Morgan fingerprint density at radius 2 is 1.56 bits per heavy atom. The number of rotatable bonds is 4. The fourth-order valence-corrected chi connectivity index (χ4v) is 4.09. The van der Waals surface area contributed by atoms with E-state index in [-0.39, 0.29) is 5.91 Å². The number of aryl methyl sites for hydroxylation is 2. The lowest BCUT2D eigenvalue weighted by atomic mass is 10.1. The van der Waals surface area contributed by atoms with E-state index in [1.165, 1.54) is 0 Å². The van der Waals surface area contributed by atoms with Gasteiger partial charge in [0.05, 0.1) is 5.69 Å². The van der Waals surface area contributed by atoms with Crippen molar-refractivity contribution >= 4 is 11.7 Å². The molecule has 5 rings (SSSR count). The molecule has 32 heavy (non-hydrogen) atoms. The lowest BCUT2D eigenvalue weighted by molar-refractivity contribution is 0.0746. The molecule has 1 aliphatic heterocycles. The first-order valence-electron chi connectivity index (χ1n) is 10.7. The molecule has 4 heterocycles. The number of carbonyl (C=O) groups excluding carboxylic acids is 1. The molecule has 1 aliphatic rings. The van der Waals surface area contributed by atoms with Crippen molar-refractivity contribution in [2.45, 2.75) is 13.8 Å². The second kappa shape index (κ2) is 8.30. The minimum Gasteiger partial charge on any atom is -0.353 e. The van der Waals surface area contributed by atoms with Crippen LogP contribution in [0.2, 0.25) is 0 Å². The van der Waals surface area contributed by atoms with Gasteiger partial charge in [-0.1, -0.05) is 0 Å². The predicted octanol–water partition coefficient (Wildman–Crippen LogP) is 3.03. The first kappa shape index (κ1) is 20.0. The molecule has 1 saturated heterocycles. The molecule has 1 aromatic carbocycles. The summed E-state index contributed by atoms with van der Waals surface area (Å²) < 4.78 is 3.85. The lowest BCUT2D eigenvalue weighted by Crippen LogP contribution is -2.49. The third kappa shape index (κ3) is 3.87. The highest BCUT2D eigenvalue weighted by Crippen LogP contribution is 2.19. The van der Waals surface area contributed by atoms with E-state index in [1.54, 1.807) is 6.33 Å². The summed E-state index contributed by atoms with van der Waals surface area (Å²) in [6.07, 6.45) is 5.55. The molecular formula is C24H25N7O. The van der Waals surface area contributed by atoms with Gasteiger partial charge in [-0.05, 0) is 56.3 Å². The van der Waals surface area contributed by atoms with E-state index in [0.29, 0.717) is 18.7 Å². The molecule has 0 spiro atoms. The van der Waals surface area contributed by atoms with Gasteiger partial charge in [-0.15, -0.1) is 0 Å². The number of anilines is 1. The number of piperazine rings is 1. The summed E-state index contributed by atoms with van der Waals surface area (Å²) in [5.74, 6) is 1.67. The predicted molar refractivity (Wildman–Crippen MR) is 123 cm³/mol. The van der Waals surface area contributed by atoms with Crippen molar-refractivity contribution in [3.63, 3.8) is 0 Å². The first-order valence-corrected chi connectivity index (χ1v) is 10.7. The Labute approximate surface area is 186 Å². The van der Waals surface area contributed by atoms with Gasteiger partial charge in [0.15, 0.2) is 5.82 Å². The zero-order valence-corrected chi connectivity index (χ0v) is 18.2. The number of carbonyl (C=O) groups is 1. The molecule has 1 amide bonds. The fraction of sp³-hybridized carbons (Fsp3) is 0.250. The van der Waals surface area contributed by atoms with Crippen LogP contribution in [0.25, 0.3) is 11.5 Å². The van der Waals surface area contributed by atoms with Crippen LogP contribution < -0.4 is 4.90 Å². The fourth-order valence-electron chi connectivity index (χ4n) is 4.09. The molecule has 8 heteroatoms. The summed E-state index contributed by atoms with van der Waals surface area (Å²) in [6.45, 7) is 6.73. The Kier molecular flexibility index (Phi) is 5.18. The first-order chi connectivity index (χ1) is 15.6. The molecule has 0 unspecified atom stereocenters. The van der Waals surface area contributed by atoms with Crippen LogP contribution in [0, 0.1) is 13.8 Å². The minimum atomic E-state index is 0.0646. The monoisotopic (exact) mass is 427 g/mol. The van der Waals surface area contributed by atoms with E-state index in [2.05, 4.69) is 20.0 Å². The SMILES string of the molecule is Cc1cc(C)n(-c2cc(N3CCN(C(=O)c4ccc(-n5cccc5)cc4)CC3)ncn2)n1. The Morgan fingerprint density at radius 1 is 0.875 bits per heavy atom. The Balaban J connectivity index is 1.25. The van der Waals surface area contributed by atoms with Gasteiger partial charge in [-0.2, -0.15) is 5.10 Å². The Morgan fingerprint density at radius 3 is 2.22 bits per heavy atom. The molecule has 162 valence electrons. The summed E-state index contributed by atoms with van der Waals surface area (Å²) >= 11 is 0. The second-order valence-corrected chi connectivity index (χ2v) is 7.99. The average molecular weight is 428 g/mol. The third-order valence-corrected chi connectivity index (χ3v) is 5.77. The van der Waals surface area contributed by atoms with Crippen molar-refractivity contribution in [1.82, 2.24) is 29.2 Å². The van der Waals surface area contributed by atoms with Crippen LogP contribution in [-0.2, 0) is 0 Å². The zero-order chi connectivity index (χ0) is 22.1. The van der Waals surface area contributed by atoms with E-state index < -0.39 is 0 Å². The normalized spacial score (nSPS) is 14.1. The number of benzene rings is 1. The van der Waals surface area contributed by atoms with Gasteiger partial charge < -0.3 is 14.4 Å². The lowest BCUT2D eigenvalue weighted by Gasteiger charge is -2.35. The molecule has 4 aromatic rings. The molecule has 8 nitrogen and oxygen atoms in total. The van der Waals surface area contributed by atoms with Crippen molar-refractivity contribution in [3.05, 3.63) is 84.2 Å². The Bertz CT molecular complexity index is 1220. The summed E-state index contributed by atoms with van der Waals surface area (Å²) in [5.41, 5.74) is 3.74. The van der Waals surface area contributed by atoms with E-state index >= 15 is 0 Å². The van der Waals surface area contributed by atoms with Crippen molar-refractivity contribution < 1.29 is 4.79 Å². The third-order valence-electron chi connectivity index (χ3n) is 5.77. The van der Waals surface area contributed by atoms with Crippen molar-refractivity contribution in [1.29, 1.82) is 0 Å². The van der Waals surface area contributed by atoms with Crippen LogP contribution in [-0.4, -0.2) is 61.3 Å². The molecule has 0 saturated carbocycles. The smallest absolute Gasteiger partial charge is 0.253 e. The van der Waals surface area contributed by atoms with Gasteiger partial charge in [-0.3, -0.25) is 4.79 Å². The van der Waals surface area contributed by atoms with E-state index in [1.807, 2.05) is 88.9 Å². The quantitative estimate of drug-likeness (QED) is 0.501. The highest BCUT2D eigenvalue weighted by Gasteiger charge is 2.23. The molecule has 0 atom stereocenters. The van der Waals surface area contributed by atoms with Gasteiger partial charge in [-0.25, -0.2) is 14.6 Å². The van der Waals surface area contributed by atoms with Crippen LogP contribution >= 0.6 is 0 Å². The number of hydrogen-bond donors (Lipinski definition) is 0. The van der Waals surface area contributed by atoms with Crippen LogP contribution in [0.5, 0.6) is 0 Å². The highest BCUT2D eigenvalue weighted by atomic mass is 16.2. The average Bonchev–Trinajstić information content (AvgIpc) is 3.48. The Hall–Kier alpha value is -3.94. The number of hydrogen-bond acceptors (Lipinski definition) is 5. The topological polar surface area (TPSA) is 72.1 Å². The van der Waals surface area contributed by atoms with Gasteiger partial charge in [0.2, 0.25) is 0 Å². The standard InChI is InChI=1S/C24H25N7O/c1-18-15-19(2)31(27-18)23-16-22(25-17-26-23)29-11-13-30(14-12-29)24(32)20-5-7-21(8-6-20)28-9-3-4-10-28/h3-10,15-17H,11-14H2,1-2H3. The maximum Gasteiger partial charge on any atom is 0.253 e. The number of amides is 1. The molecule has 3 aromatic heterocycles. The summed E-state index contributed by atoms with van der Waals surface area (Å²) in [6, 6.07) is 15.7. The number of aromatic nitrogens is 5. The van der Waals surface area contributed by atoms with Crippen molar-refractivity contribution in [3.8, 4) is 11.5 Å². The molecule has 0 aliphatic carbocycles. The van der Waals surface area contributed by atoms with Gasteiger partial charge in [0.1, 0.15) is 12.1 Å². The largest absolute Gasteiger partial charge is 0.353 e. The van der Waals surface area contributed by atoms with Gasteiger partial charge in [0.25, 0.3) is 5.91 Å². The van der Waals surface area contributed by atoms with E-state index in [9.17, 15) is 4.79 Å². The minimum absolute atomic E-state index is 0.0646. The van der Waals surface area contributed by atoms with E-state index in [0.717, 1.165) is 41.8 Å². The zero-order valence-electron chi connectivity index (χ0n) is 18.2. The van der Waals surface area contributed by atoms with Crippen molar-refractivity contribution in [2.24, 2.45) is 0 Å². The van der Waals surface area contributed by atoms with Gasteiger partial charge >= 0.3 is 0 Å². The highest BCUT2D eigenvalue weighted by molar-refractivity contribution is 5.94. The molecule has 1 fully saturated rings. The summed E-state index contributed by atoms with van der Waals surface area (Å²) in [4.78, 5) is 25.9. The van der Waals surface area contributed by atoms with E-state index in [4.69, 9.17) is 0 Å².